The van der Waals surface area contributed by atoms with E-state index in [9.17, 15) is 0 Å². The lowest BCUT2D eigenvalue weighted by molar-refractivity contribution is 0.470. The van der Waals surface area contributed by atoms with Crippen LogP contribution in [0.2, 0.25) is 0 Å². The molecule has 0 radical (unpaired) electrons. The van der Waals surface area contributed by atoms with Crippen LogP contribution >= 0.6 is 0 Å². The standard InChI is InChI=1S/C4H7N3O/c1-3-6-7-4(2-5)8-3/h2,5H2,1H3. The molecule has 0 bridgehead atoms. The highest BCUT2D eigenvalue weighted by Gasteiger charge is 1.95. The first kappa shape index (κ1) is 5.24. The summed E-state index contributed by atoms with van der Waals surface area (Å²) >= 11 is 0. The Morgan fingerprint density at radius 1 is 1.62 bits per heavy atom. The number of nitrogens with two attached hydrogens (primary N) is 1. The van der Waals surface area contributed by atoms with Crippen LogP contribution < -0.4 is 5.73 Å². The molecule has 0 aromatic carbocycles. The molecule has 8 heavy (non-hydrogen) atoms. The predicted molar refractivity (Wildman–Crippen MR) is 26.9 cm³/mol. The lowest BCUT2D eigenvalue weighted by Gasteiger charge is -1.78. The van der Waals surface area contributed by atoms with Crippen LogP contribution in [-0.4, -0.2) is 10.2 Å². The van der Waals surface area contributed by atoms with Gasteiger partial charge in [-0.2, -0.15) is 0 Å². The highest BCUT2D eigenvalue weighted by Crippen LogP contribution is 1.93. The smallest absolute Gasteiger partial charge is 0.230 e. The quantitative estimate of drug-likeness (QED) is 0.549. The Morgan fingerprint density at radius 3 is 2.62 bits per heavy atom. The van der Waals surface area contributed by atoms with E-state index in [4.69, 9.17) is 10.2 Å². The minimum atomic E-state index is 0.320. The van der Waals surface area contributed by atoms with E-state index in [1.54, 1.807) is 6.92 Å². The zero-order valence-electron chi connectivity index (χ0n) is 4.59. The van der Waals surface area contributed by atoms with Crippen molar-refractivity contribution in [3.8, 4) is 0 Å². The summed E-state index contributed by atoms with van der Waals surface area (Å²) < 4.78 is 4.89. The van der Waals surface area contributed by atoms with Gasteiger partial charge in [-0.1, -0.05) is 0 Å². The first-order valence-electron chi connectivity index (χ1n) is 2.32. The number of hydrogen-bond donors (Lipinski definition) is 1. The lowest BCUT2D eigenvalue weighted by Crippen LogP contribution is -1.95. The van der Waals surface area contributed by atoms with Gasteiger partial charge in [-0.25, -0.2) is 0 Å². The van der Waals surface area contributed by atoms with Crippen LogP contribution in [0.1, 0.15) is 11.8 Å². The maximum Gasteiger partial charge on any atom is 0.230 e. The zero-order valence-corrected chi connectivity index (χ0v) is 4.59. The molecule has 0 saturated heterocycles. The highest BCUT2D eigenvalue weighted by atomic mass is 16.4. The summed E-state index contributed by atoms with van der Waals surface area (Å²) in [5.74, 6) is 1.05. The summed E-state index contributed by atoms with van der Waals surface area (Å²) in [5.41, 5.74) is 5.17. The van der Waals surface area contributed by atoms with Crippen LogP contribution in [0.3, 0.4) is 0 Å². The van der Waals surface area contributed by atoms with Gasteiger partial charge in [0.1, 0.15) is 0 Å². The van der Waals surface area contributed by atoms with Gasteiger partial charge in [0.15, 0.2) is 0 Å². The molecular weight excluding hydrogens is 106 g/mol. The van der Waals surface area contributed by atoms with Crippen molar-refractivity contribution in [1.29, 1.82) is 0 Å². The second kappa shape index (κ2) is 1.92. The van der Waals surface area contributed by atoms with Crippen molar-refractivity contribution >= 4 is 0 Å². The average molecular weight is 113 g/mol. The van der Waals surface area contributed by atoms with Crippen LogP contribution in [0, 0.1) is 6.92 Å². The largest absolute Gasteiger partial charge is 0.424 e. The number of rotatable bonds is 1. The molecule has 44 valence electrons. The molecule has 0 unspecified atom stereocenters. The van der Waals surface area contributed by atoms with E-state index in [2.05, 4.69) is 10.2 Å². The van der Waals surface area contributed by atoms with Gasteiger partial charge in [0.2, 0.25) is 11.8 Å². The third-order valence-corrected chi connectivity index (χ3v) is 0.742. The van der Waals surface area contributed by atoms with Gasteiger partial charge in [-0.15, -0.1) is 10.2 Å². The second-order valence-corrected chi connectivity index (χ2v) is 1.42. The van der Waals surface area contributed by atoms with Crippen LogP contribution in [0.5, 0.6) is 0 Å². The van der Waals surface area contributed by atoms with Crippen LogP contribution in [0.25, 0.3) is 0 Å². The maximum atomic E-state index is 5.17. The van der Waals surface area contributed by atoms with Crippen molar-refractivity contribution in [2.75, 3.05) is 0 Å². The second-order valence-electron chi connectivity index (χ2n) is 1.42. The molecule has 1 heterocycles. The molecule has 1 rings (SSSR count). The summed E-state index contributed by atoms with van der Waals surface area (Å²) in [6.07, 6.45) is 0. The zero-order chi connectivity index (χ0) is 5.98. The monoisotopic (exact) mass is 113 g/mol. The third kappa shape index (κ3) is 0.840. The number of hydrogen-bond acceptors (Lipinski definition) is 4. The highest BCUT2D eigenvalue weighted by molar-refractivity contribution is 4.75. The SMILES string of the molecule is Cc1nnc(CN)o1. The number of aromatic nitrogens is 2. The number of nitrogens with zero attached hydrogens (tertiary/aromatic N) is 2. The Bertz CT molecular complexity index is 172. The number of aryl methyl sites for hydroxylation is 1. The van der Waals surface area contributed by atoms with Crippen LogP contribution in [0.15, 0.2) is 4.42 Å². The summed E-state index contributed by atoms with van der Waals surface area (Å²) in [5, 5.41) is 7.18. The Morgan fingerprint density at radius 2 is 2.38 bits per heavy atom. The molecule has 1 aromatic rings. The molecule has 0 fully saturated rings. The van der Waals surface area contributed by atoms with E-state index in [-0.39, 0.29) is 0 Å². The molecule has 0 atom stereocenters. The lowest BCUT2D eigenvalue weighted by atomic mass is 10.7. The van der Waals surface area contributed by atoms with Gasteiger partial charge < -0.3 is 10.2 Å². The molecule has 0 aliphatic heterocycles. The van der Waals surface area contributed by atoms with Crippen LogP contribution in [0.4, 0.5) is 0 Å². The summed E-state index contributed by atoms with van der Waals surface area (Å²) in [6.45, 7) is 2.05. The third-order valence-electron chi connectivity index (χ3n) is 0.742. The first-order valence-corrected chi connectivity index (χ1v) is 2.32. The van der Waals surface area contributed by atoms with E-state index in [1.807, 2.05) is 0 Å². The Balaban J connectivity index is 2.84. The molecule has 4 heteroatoms. The van der Waals surface area contributed by atoms with Gasteiger partial charge in [-0.3, -0.25) is 0 Å². The molecule has 0 aliphatic rings. The fourth-order valence-electron chi connectivity index (χ4n) is 0.420. The van der Waals surface area contributed by atoms with E-state index in [0.717, 1.165) is 0 Å². The molecular formula is C4H7N3O. The minimum Gasteiger partial charge on any atom is -0.424 e. The molecule has 0 spiro atoms. The van der Waals surface area contributed by atoms with Crippen molar-refractivity contribution in [2.45, 2.75) is 13.5 Å². The van der Waals surface area contributed by atoms with Crippen molar-refractivity contribution in [2.24, 2.45) is 5.73 Å². The fourth-order valence-corrected chi connectivity index (χ4v) is 0.420. The maximum absolute atomic E-state index is 5.17. The van der Waals surface area contributed by atoms with Gasteiger partial charge in [0, 0.05) is 6.92 Å². The van der Waals surface area contributed by atoms with E-state index >= 15 is 0 Å². The summed E-state index contributed by atoms with van der Waals surface area (Å²) in [7, 11) is 0. The van der Waals surface area contributed by atoms with Gasteiger partial charge >= 0.3 is 0 Å². The topological polar surface area (TPSA) is 64.9 Å². The fraction of sp³-hybridized carbons (Fsp3) is 0.500. The molecule has 2 N–H and O–H groups in total. The van der Waals surface area contributed by atoms with E-state index < -0.39 is 0 Å². The first-order chi connectivity index (χ1) is 3.83. The predicted octanol–water partition coefficient (Wildman–Crippen LogP) is -0.163. The minimum absolute atomic E-state index is 0.320. The average Bonchev–Trinajstić information content (AvgIpc) is 2.14. The van der Waals surface area contributed by atoms with Crippen LogP contribution in [-0.2, 0) is 6.54 Å². The normalized spacial score (nSPS) is 9.75. The van der Waals surface area contributed by atoms with Crippen molar-refractivity contribution in [1.82, 2.24) is 10.2 Å². The Hall–Kier alpha value is -0.900. The van der Waals surface area contributed by atoms with Crippen molar-refractivity contribution < 1.29 is 4.42 Å². The van der Waals surface area contributed by atoms with Crippen molar-refractivity contribution in [3.63, 3.8) is 0 Å². The Labute approximate surface area is 46.7 Å². The molecule has 1 aromatic heterocycles. The van der Waals surface area contributed by atoms with Gasteiger partial charge in [-0.05, 0) is 0 Å². The summed E-state index contributed by atoms with van der Waals surface area (Å²) in [6, 6.07) is 0. The Kier molecular flexibility index (Phi) is 1.26. The van der Waals surface area contributed by atoms with E-state index in [0.29, 0.717) is 18.3 Å². The molecule has 0 amide bonds. The van der Waals surface area contributed by atoms with Crippen molar-refractivity contribution in [3.05, 3.63) is 11.8 Å². The van der Waals surface area contributed by atoms with Gasteiger partial charge in [0.25, 0.3) is 0 Å². The molecule has 0 aliphatic carbocycles. The molecule has 0 saturated carbocycles. The summed E-state index contributed by atoms with van der Waals surface area (Å²) in [4.78, 5) is 0. The molecule has 4 nitrogen and oxygen atoms in total. The van der Waals surface area contributed by atoms with Gasteiger partial charge in [0.05, 0.1) is 6.54 Å². The van der Waals surface area contributed by atoms with E-state index in [1.165, 1.54) is 0 Å².